The van der Waals surface area contributed by atoms with Gasteiger partial charge < -0.3 is 106 Å². The first kappa shape index (κ1) is 88.4. The van der Waals surface area contributed by atoms with E-state index in [1.165, 1.54) is 86.6 Å². The van der Waals surface area contributed by atoms with Crippen LogP contribution in [-0.2, 0) is 52.6 Å². The van der Waals surface area contributed by atoms with Crippen LogP contribution < -0.4 is 51.3 Å². The third kappa shape index (κ3) is 18.7. The van der Waals surface area contributed by atoms with Crippen molar-refractivity contribution in [3.8, 4) is 62.9 Å². The Labute approximate surface area is 712 Å². The Balaban J connectivity index is 0.969. The molecule has 0 aromatic heterocycles. The maximum Gasteiger partial charge on any atom is 0.257 e. The van der Waals surface area contributed by atoms with E-state index in [0.29, 0.717) is 24.0 Å². The number of Topliss-reactive ketones (excluding diaryl/α,β-unsaturated/α-hetero) is 3. The highest BCUT2D eigenvalue weighted by atomic mass is 35.5. The summed E-state index contributed by atoms with van der Waals surface area (Å²) in [4.78, 5) is 139. The highest BCUT2D eigenvalue weighted by Crippen LogP contribution is 2.59. The lowest BCUT2D eigenvalue weighted by molar-refractivity contribution is -0.333. The average molecular weight is 1730 g/mol. The van der Waals surface area contributed by atoms with Crippen LogP contribution in [0.2, 0.25) is 10.0 Å². The zero-order valence-electron chi connectivity index (χ0n) is 67.9. The Morgan fingerprint density at radius 2 is 1.32 bits per heavy atom. The summed E-state index contributed by atoms with van der Waals surface area (Å²) >= 11 is 14.5. The van der Waals surface area contributed by atoms with E-state index in [1.54, 1.807) is 13.8 Å². The maximum atomic E-state index is 16.8. The Bertz CT molecular complexity index is 5000. The second kappa shape index (κ2) is 36.5. The molecule has 18 atom stereocenters. The topological polar surface area (TPSA) is 486 Å². The van der Waals surface area contributed by atoms with Crippen molar-refractivity contribution in [1.29, 1.82) is 0 Å². The van der Waals surface area contributed by atoms with Gasteiger partial charge in [-0.25, -0.2) is 0 Å². The summed E-state index contributed by atoms with van der Waals surface area (Å²) in [6.07, 6.45) is -15.6. The molecule has 2 saturated heterocycles. The van der Waals surface area contributed by atoms with Crippen molar-refractivity contribution in [2.75, 3.05) is 13.2 Å². The van der Waals surface area contributed by atoms with Gasteiger partial charge in [0.2, 0.25) is 41.6 Å². The predicted octanol–water partition coefficient (Wildman–Crippen LogP) is 8.34. The van der Waals surface area contributed by atoms with E-state index < -0.39 is 222 Å². The number of aliphatic hydroxyl groups is 6. The number of aromatic hydroxyl groups is 3. The number of fused-ring (bicyclic) bond motifs is 15. The fraction of sp³-hybridized carbons (Fsp3) is 0.494. The number of imide groups is 1. The molecule has 4 saturated carbocycles. The van der Waals surface area contributed by atoms with Gasteiger partial charge in [0.05, 0.1) is 47.3 Å². The first-order valence-corrected chi connectivity index (χ1v) is 42.1. The van der Waals surface area contributed by atoms with Crippen LogP contribution in [0.1, 0.15) is 187 Å². The van der Waals surface area contributed by atoms with Gasteiger partial charge in [-0.3, -0.25) is 48.5 Å². The van der Waals surface area contributed by atoms with Crippen LogP contribution in [0.15, 0.2) is 103 Å². The molecule has 17 rings (SSSR count). The summed E-state index contributed by atoms with van der Waals surface area (Å²) in [6, 6.07) is 12.8. The van der Waals surface area contributed by atoms with Gasteiger partial charge in [0.15, 0.2) is 41.2 Å². The largest absolute Gasteiger partial charge is 0.508 e. The van der Waals surface area contributed by atoms with Crippen LogP contribution in [0.5, 0.6) is 51.7 Å². The highest BCUT2D eigenvalue weighted by molar-refractivity contribution is 6.32. The number of benzene rings is 6. The van der Waals surface area contributed by atoms with E-state index in [-0.39, 0.29) is 116 Å². The van der Waals surface area contributed by atoms with E-state index in [4.69, 9.17) is 62.1 Å². The van der Waals surface area contributed by atoms with Crippen molar-refractivity contribution < 1.29 is 122 Å². The van der Waals surface area contributed by atoms with Crippen molar-refractivity contribution in [3.05, 3.63) is 147 Å². The number of aliphatic hydroxyl groups excluding tert-OH is 6. The molecule has 6 amide bonds. The fourth-order valence-corrected chi connectivity index (χ4v) is 19.6. The monoisotopic (exact) mass is 1720 g/mol. The number of halogens is 2. The number of amides is 6. The molecule has 15 bridgehead atoms. The molecule has 0 unspecified atom stereocenters. The Hall–Kier alpha value is -9.87. The number of ketones is 3. The number of hydrogen-bond acceptors (Lipinski definition) is 26. The van der Waals surface area contributed by atoms with Crippen molar-refractivity contribution in [1.82, 2.24) is 26.6 Å². The SMILES string of the molecule is CCOc1ccc(C(=O)NC(=O)C[C@@H]2CC(=O)[C@H](NC(=O)[C@H](CC)CC(C)C)[C@H](O)c3ccc(c(Cl)c3)Oc3cc4cc(c3O[C@@H]3O[C@H](CO)[C@@H](O)[C@H](O)[C@H]3O[C@H]3C[C@](C)(N)[C@H](O)[C@H](C)O3)Oc3ccc(cc3Cl)[C@@H](O)[C@@H]3NC(=O)[C@H](CC(=O)[C@@H]4NC2=O)c2ccc(O)c(c2)-c2c(O)cc(O)cc2[C@@H](C(=O)CC2C4CC5CC(C4)CC2C5)NC3=O)cc1. The van der Waals surface area contributed by atoms with Crippen LogP contribution in [0.25, 0.3) is 11.1 Å². The number of phenols is 3. The molecule has 7 aliphatic heterocycles. The van der Waals surface area contributed by atoms with E-state index >= 15 is 28.8 Å². The average Bonchev–Trinajstić information content (AvgIpc) is 0.755. The molecule has 6 fully saturated rings. The number of carbonyl (C=O) groups is 9. The fourth-order valence-electron chi connectivity index (χ4n) is 19.1. The number of phenolic OH excluding ortho intramolecular Hbond substituents is 3. The number of ether oxygens (including phenoxy) is 7. The molecular weight excluding hydrogens is 1620 g/mol. The van der Waals surface area contributed by atoms with E-state index in [0.717, 1.165) is 62.4 Å². The summed E-state index contributed by atoms with van der Waals surface area (Å²) in [5.74, 6) is -16.8. The van der Waals surface area contributed by atoms with Gasteiger partial charge in [-0.05, 0) is 208 Å². The second-order valence-corrected chi connectivity index (χ2v) is 35.2. The van der Waals surface area contributed by atoms with E-state index in [2.05, 4.69) is 26.6 Å². The van der Waals surface area contributed by atoms with Crippen molar-refractivity contribution in [3.63, 3.8) is 0 Å². The third-order valence-electron chi connectivity index (χ3n) is 25.2. The summed E-state index contributed by atoms with van der Waals surface area (Å²) in [5, 5.41) is 119. The van der Waals surface area contributed by atoms with Gasteiger partial charge in [0, 0.05) is 66.3 Å². The number of carbonyl (C=O) groups excluding carboxylic acids is 9. The number of hydrogen-bond donors (Lipinski definition) is 15. The number of rotatable bonds is 18. The van der Waals surface area contributed by atoms with Gasteiger partial charge in [-0.1, -0.05) is 62.2 Å². The third-order valence-corrected chi connectivity index (χ3v) is 25.8. The zero-order chi connectivity index (χ0) is 87.4. The molecule has 11 aliphatic rings. The standard InChI is InChI=1S/C89H102Cl2N6O25/c1-7-42(19-38(3)4)83(111)96-74-61(102)28-50(31-69(105)93-84(112)43-9-14-52(15-10-43)116-8-2)85(113)94-72-49-29-66(118-64-17-12-45(76(74)106)26-57(64)90)80(122-88-81(79(109)78(108)68(37-98)120-88)121-70-36-89(6,92)82(110)39(5)117-70)67(30-49)119-65-18-13-46(27-58(65)91)77(107)75-87(115)95-73(63(104)34-53-47-21-40-20-41(23-47)24-48(53)22-40)56-32-51(99)33-60(101)71(56)55-25-44(11-16-59(55)100)54(35-62(72)103)86(114)97-75/h9-18,25-27,29-30,32-33,38-42,47-48,50,53-54,68,70,72-79,81-82,88,98-101,106-110H,7-8,19-24,28,31,34-37,92H2,1-6H3,(H,94,113)(H,95,115)(H,96,111)(H,97,114)(H,93,105,112)/t39-,40?,41?,42+,47?,48?,50-,53?,54+,68+,70-,72+,73-,74-,75-,76+,77+,78+,79-,81+,82+,88-,89-/m0/s1. The molecule has 6 aromatic rings. The number of nitrogens with one attached hydrogen (secondary N) is 5. The molecule has 6 aromatic carbocycles. The Morgan fingerprint density at radius 3 is 1.93 bits per heavy atom. The number of nitrogens with two attached hydrogens (primary N) is 1. The lowest BCUT2D eigenvalue weighted by Crippen LogP contribution is -2.64. The summed E-state index contributed by atoms with van der Waals surface area (Å²) < 4.78 is 44.8. The smallest absolute Gasteiger partial charge is 0.257 e. The van der Waals surface area contributed by atoms with Crippen molar-refractivity contribution in [2.45, 2.75) is 216 Å². The molecule has 33 heteroatoms. The minimum absolute atomic E-state index is 0.0481. The molecule has 31 nitrogen and oxygen atoms in total. The van der Waals surface area contributed by atoms with Gasteiger partial charge in [-0.2, -0.15) is 0 Å². The molecule has 7 heterocycles. The van der Waals surface area contributed by atoms with Crippen LogP contribution in [-0.4, -0.2) is 179 Å². The summed E-state index contributed by atoms with van der Waals surface area (Å²) in [7, 11) is 0. The molecule has 0 radical (unpaired) electrons. The van der Waals surface area contributed by atoms with Crippen molar-refractivity contribution >= 4 is 76.0 Å². The minimum Gasteiger partial charge on any atom is -0.508 e. The van der Waals surface area contributed by atoms with Gasteiger partial charge in [0.25, 0.3) is 5.91 Å². The van der Waals surface area contributed by atoms with Crippen LogP contribution in [0, 0.1) is 47.3 Å². The molecule has 122 heavy (non-hydrogen) atoms. The lowest BCUT2D eigenvalue weighted by Gasteiger charge is -2.54. The zero-order valence-corrected chi connectivity index (χ0v) is 69.4. The molecule has 0 spiro atoms. The normalized spacial score (nSPS) is 31.0. The Kier molecular flexibility index (Phi) is 26.5. The first-order valence-electron chi connectivity index (χ1n) is 41.4. The molecule has 652 valence electrons. The van der Waals surface area contributed by atoms with E-state index in [9.17, 15) is 60.3 Å². The van der Waals surface area contributed by atoms with Crippen LogP contribution in [0.3, 0.4) is 0 Å². The van der Waals surface area contributed by atoms with Crippen LogP contribution >= 0.6 is 23.2 Å². The first-order chi connectivity index (χ1) is 58.0. The summed E-state index contributed by atoms with van der Waals surface area (Å²) in [6.45, 7) is 9.61. The lowest BCUT2D eigenvalue weighted by atomic mass is 9.51. The van der Waals surface area contributed by atoms with E-state index in [1.807, 2.05) is 13.8 Å². The second-order valence-electron chi connectivity index (χ2n) is 34.4. The maximum absolute atomic E-state index is 16.8. The van der Waals surface area contributed by atoms with Crippen LogP contribution in [0.4, 0.5) is 0 Å². The molecule has 16 N–H and O–H groups in total. The van der Waals surface area contributed by atoms with Gasteiger partial charge >= 0.3 is 0 Å². The molecule has 4 aliphatic carbocycles. The predicted molar refractivity (Wildman–Crippen MR) is 436 cm³/mol. The van der Waals surface area contributed by atoms with Gasteiger partial charge in [0.1, 0.15) is 89.2 Å². The highest BCUT2D eigenvalue weighted by Gasteiger charge is 2.53. The van der Waals surface area contributed by atoms with Crippen molar-refractivity contribution in [2.24, 2.45) is 53.1 Å². The summed E-state index contributed by atoms with van der Waals surface area (Å²) in [5.41, 5.74) is 3.50. The minimum atomic E-state index is -2.25. The quantitative estimate of drug-likeness (QED) is 0.0384. The van der Waals surface area contributed by atoms with Gasteiger partial charge in [-0.15, -0.1) is 0 Å². The molecular formula is C89H102Cl2N6O25. The Morgan fingerprint density at radius 1 is 0.680 bits per heavy atom.